The molecule has 1 atom stereocenters. The molecule has 4 nitrogen and oxygen atoms in total. The molecule has 0 N–H and O–H groups in total. The van der Waals surface area contributed by atoms with Crippen molar-refractivity contribution in [1.29, 1.82) is 0 Å². The van der Waals surface area contributed by atoms with Crippen LogP contribution in [0.2, 0.25) is 36.3 Å². The van der Waals surface area contributed by atoms with Gasteiger partial charge in [-0.05, 0) is 60.4 Å². The summed E-state index contributed by atoms with van der Waals surface area (Å²) < 4.78 is 24.3. The van der Waals surface area contributed by atoms with Gasteiger partial charge >= 0.3 is 0 Å². The molecular formula is C26H48O4Si2. The first-order valence-electron chi connectivity index (χ1n) is 11.8. The molecule has 0 spiro atoms. The molecule has 0 saturated heterocycles. The Kier molecular flexibility index (Phi) is 10.9. The number of hydrogen-bond acceptors (Lipinski definition) is 4. The molecule has 6 heteroatoms. The van der Waals surface area contributed by atoms with Crippen molar-refractivity contribution in [2.45, 2.75) is 96.9 Å². The van der Waals surface area contributed by atoms with Gasteiger partial charge in [0, 0.05) is 0 Å². The topological polar surface area (TPSA) is 36.9 Å². The average Bonchev–Trinajstić information content (AvgIpc) is 2.66. The smallest absolute Gasteiger partial charge is 0.192 e. The van der Waals surface area contributed by atoms with E-state index in [-0.39, 0.29) is 16.2 Å². The van der Waals surface area contributed by atoms with Gasteiger partial charge in [-0.25, -0.2) is 0 Å². The summed E-state index contributed by atoms with van der Waals surface area (Å²) in [4.78, 5) is 0. The first kappa shape index (κ1) is 29.1. The predicted octanol–water partition coefficient (Wildman–Crippen LogP) is 7.57. The molecule has 184 valence electrons. The van der Waals surface area contributed by atoms with Crippen LogP contribution in [0.5, 0.6) is 5.75 Å². The molecule has 0 aromatic heterocycles. The molecule has 1 aromatic rings. The third-order valence-electron chi connectivity index (χ3n) is 6.91. The van der Waals surface area contributed by atoms with Gasteiger partial charge in [-0.3, -0.25) is 0 Å². The standard InChI is InChI=1S/C26H48O4Si2/c1-25(2,3)31(8,9)29-19-13-12-14-24(30-32(10,11)26(4,5)6)21-28-20-22-15-17-23(27-7)18-16-22/h12-13,15-18,24H,14,19-21H2,1-11H3/b13-12-/t24-/m1/s1. The fourth-order valence-corrected chi connectivity index (χ4v) is 4.86. The summed E-state index contributed by atoms with van der Waals surface area (Å²) in [6, 6.07) is 8.02. The van der Waals surface area contributed by atoms with E-state index in [4.69, 9.17) is 18.3 Å². The van der Waals surface area contributed by atoms with Crippen LogP contribution in [0.4, 0.5) is 0 Å². The van der Waals surface area contributed by atoms with Crippen molar-refractivity contribution in [3.63, 3.8) is 0 Å². The minimum absolute atomic E-state index is 0.0401. The van der Waals surface area contributed by atoms with E-state index < -0.39 is 16.6 Å². The van der Waals surface area contributed by atoms with Crippen LogP contribution in [0.3, 0.4) is 0 Å². The molecule has 1 aromatic carbocycles. The molecule has 0 aliphatic carbocycles. The number of methoxy groups -OCH3 is 1. The van der Waals surface area contributed by atoms with Crippen LogP contribution in [0.15, 0.2) is 36.4 Å². The summed E-state index contributed by atoms with van der Waals surface area (Å²) in [5.74, 6) is 0.859. The minimum Gasteiger partial charge on any atom is -0.497 e. The largest absolute Gasteiger partial charge is 0.497 e. The van der Waals surface area contributed by atoms with E-state index in [9.17, 15) is 0 Å². The van der Waals surface area contributed by atoms with Gasteiger partial charge in [-0.1, -0.05) is 65.8 Å². The van der Waals surface area contributed by atoms with E-state index in [1.807, 2.05) is 24.3 Å². The summed E-state index contributed by atoms with van der Waals surface area (Å²) in [5, 5.41) is 0.389. The van der Waals surface area contributed by atoms with Crippen molar-refractivity contribution in [1.82, 2.24) is 0 Å². The lowest BCUT2D eigenvalue weighted by atomic mass is 10.2. The lowest BCUT2D eigenvalue weighted by Gasteiger charge is -2.39. The SMILES string of the molecule is COc1ccc(COC[C@@H](C/C=C\CO[Si](C)(C)C(C)(C)C)O[Si](C)(C)C(C)(C)C)cc1. The number of ether oxygens (including phenoxy) is 2. The zero-order valence-corrected chi connectivity index (χ0v) is 24.5. The molecule has 0 heterocycles. The van der Waals surface area contributed by atoms with Gasteiger partial charge in [0.1, 0.15) is 5.75 Å². The van der Waals surface area contributed by atoms with E-state index in [1.54, 1.807) is 7.11 Å². The fraction of sp³-hybridized carbons (Fsp3) is 0.692. The molecule has 0 bridgehead atoms. The highest BCUT2D eigenvalue weighted by Crippen LogP contribution is 2.38. The maximum atomic E-state index is 6.69. The molecule has 0 saturated carbocycles. The normalized spacial score (nSPS) is 14.7. The average molecular weight is 481 g/mol. The number of rotatable bonds is 12. The van der Waals surface area contributed by atoms with Gasteiger partial charge in [0.2, 0.25) is 0 Å². The van der Waals surface area contributed by atoms with Crippen LogP contribution >= 0.6 is 0 Å². The van der Waals surface area contributed by atoms with Gasteiger partial charge in [-0.15, -0.1) is 0 Å². The molecular weight excluding hydrogens is 432 g/mol. The van der Waals surface area contributed by atoms with Crippen LogP contribution < -0.4 is 4.74 Å². The molecule has 0 fully saturated rings. The Labute approximate surface area is 200 Å². The lowest BCUT2D eigenvalue weighted by Crippen LogP contribution is -2.45. The molecule has 0 unspecified atom stereocenters. The Morgan fingerprint density at radius 2 is 1.41 bits per heavy atom. The van der Waals surface area contributed by atoms with Gasteiger partial charge in [-0.2, -0.15) is 0 Å². The second-order valence-corrected chi connectivity index (χ2v) is 21.2. The van der Waals surface area contributed by atoms with E-state index in [0.717, 1.165) is 17.7 Å². The summed E-state index contributed by atoms with van der Waals surface area (Å²) in [6.07, 6.45) is 5.21. The molecule has 0 radical (unpaired) electrons. The van der Waals surface area contributed by atoms with Crippen molar-refractivity contribution < 1.29 is 18.3 Å². The first-order chi connectivity index (χ1) is 14.6. The molecule has 0 amide bonds. The minimum atomic E-state index is -1.89. The zero-order valence-electron chi connectivity index (χ0n) is 22.5. The highest BCUT2D eigenvalue weighted by Gasteiger charge is 2.39. The van der Waals surface area contributed by atoms with Crippen molar-refractivity contribution in [3.05, 3.63) is 42.0 Å². The summed E-state index contributed by atoms with van der Waals surface area (Å²) in [7, 11) is -1.93. The van der Waals surface area contributed by atoms with E-state index in [1.165, 1.54) is 0 Å². The van der Waals surface area contributed by atoms with Crippen LogP contribution in [-0.2, 0) is 20.2 Å². The first-order valence-corrected chi connectivity index (χ1v) is 17.6. The number of benzene rings is 1. The summed E-state index contributed by atoms with van der Waals surface area (Å²) in [5.41, 5.74) is 1.13. The van der Waals surface area contributed by atoms with Gasteiger partial charge < -0.3 is 18.3 Å². The predicted molar refractivity (Wildman–Crippen MR) is 142 cm³/mol. The number of hydrogen-bond donors (Lipinski definition) is 0. The second kappa shape index (κ2) is 12.0. The molecule has 0 aliphatic rings. The van der Waals surface area contributed by atoms with Crippen molar-refractivity contribution >= 4 is 16.6 Å². The van der Waals surface area contributed by atoms with Crippen molar-refractivity contribution in [3.8, 4) is 5.75 Å². The monoisotopic (exact) mass is 480 g/mol. The molecule has 0 aliphatic heterocycles. The Morgan fingerprint density at radius 3 is 1.91 bits per heavy atom. The van der Waals surface area contributed by atoms with E-state index in [0.29, 0.717) is 19.8 Å². The second-order valence-electron chi connectivity index (χ2n) is 11.6. The highest BCUT2D eigenvalue weighted by atomic mass is 28.4. The van der Waals surface area contributed by atoms with Crippen LogP contribution in [-0.4, -0.2) is 43.1 Å². The fourth-order valence-electron chi connectivity index (χ4n) is 2.56. The Hall–Kier alpha value is -0.926. The van der Waals surface area contributed by atoms with Gasteiger partial charge in [0.15, 0.2) is 16.6 Å². The Bertz CT molecular complexity index is 698. The van der Waals surface area contributed by atoms with Crippen LogP contribution in [0.1, 0.15) is 53.5 Å². The van der Waals surface area contributed by atoms with Gasteiger partial charge in [0.05, 0.1) is 33.0 Å². The maximum absolute atomic E-state index is 6.69. The lowest BCUT2D eigenvalue weighted by molar-refractivity contribution is 0.0358. The van der Waals surface area contributed by atoms with Crippen LogP contribution in [0.25, 0.3) is 0 Å². The summed E-state index contributed by atoms with van der Waals surface area (Å²) >= 11 is 0. The quantitative estimate of drug-likeness (QED) is 0.228. The van der Waals surface area contributed by atoms with Crippen molar-refractivity contribution in [2.24, 2.45) is 0 Å². The zero-order chi connectivity index (χ0) is 24.6. The van der Waals surface area contributed by atoms with E-state index >= 15 is 0 Å². The third-order valence-corrected chi connectivity index (χ3v) is 15.9. The summed E-state index contributed by atoms with van der Waals surface area (Å²) in [6.45, 7) is 24.6. The molecule has 32 heavy (non-hydrogen) atoms. The highest BCUT2D eigenvalue weighted by molar-refractivity contribution is 6.74. The Morgan fingerprint density at radius 1 is 0.844 bits per heavy atom. The Balaban J connectivity index is 2.69. The van der Waals surface area contributed by atoms with Crippen molar-refractivity contribution in [2.75, 3.05) is 20.3 Å². The third kappa shape index (κ3) is 9.51. The molecule has 1 rings (SSSR count). The van der Waals surface area contributed by atoms with Gasteiger partial charge in [0.25, 0.3) is 0 Å². The van der Waals surface area contributed by atoms with Crippen LogP contribution in [0, 0.1) is 0 Å². The van der Waals surface area contributed by atoms with E-state index in [2.05, 4.69) is 79.9 Å². The maximum Gasteiger partial charge on any atom is 0.192 e.